The number of methoxy groups -OCH3 is 3. The second-order valence-electron chi connectivity index (χ2n) is 31.6. The summed E-state index contributed by atoms with van der Waals surface area (Å²) in [7, 11) is 0.0675. The molecule has 16 nitrogen and oxygen atoms in total. The van der Waals surface area contributed by atoms with Gasteiger partial charge in [0.2, 0.25) is 17.6 Å². The van der Waals surface area contributed by atoms with Crippen molar-refractivity contribution in [1.29, 1.82) is 0 Å². The van der Waals surface area contributed by atoms with Crippen molar-refractivity contribution in [2.24, 2.45) is 23.7 Å². The second-order valence-corrected chi connectivity index (χ2v) is 49.2. The number of esters is 2. The maximum Gasteiger partial charge on any atom is 0.345 e. The molecule has 110 heavy (non-hydrogen) atoms. The highest BCUT2D eigenvalue weighted by atomic mass is 32.1. The maximum absolute atomic E-state index is 15.2. The van der Waals surface area contributed by atoms with Crippen molar-refractivity contribution in [2.45, 2.75) is 149 Å². The molecule has 2 saturated heterocycles. The number of thiazole rings is 1. The van der Waals surface area contributed by atoms with Crippen LogP contribution < -0.4 is 36.6 Å². The lowest BCUT2D eigenvalue weighted by molar-refractivity contribution is -0.185. The number of imidazole rings is 1. The number of ketones is 1. The molecule has 21 heteroatoms. The Labute approximate surface area is 655 Å². The molecule has 0 bridgehead atoms. The van der Waals surface area contributed by atoms with Crippen molar-refractivity contribution in [3.05, 3.63) is 265 Å². The third kappa shape index (κ3) is 15.3. The molecule has 0 radical (unpaired) electrons. The van der Waals surface area contributed by atoms with Gasteiger partial charge in [-0.2, -0.15) is 0 Å². The second kappa shape index (κ2) is 33.3. The summed E-state index contributed by atoms with van der Waals surface area (Å²) >= 11 is 1.34. The monoisotopic (exact) mass is 1570 g/mol. The van der Waals surface area contributed by atoms with E-state index in [0.29, 0.717) is 26.7 Å². The zero-order valence-electron chi connectivity index (χ0n) is 66.7. The molecule has 0 N–H and O–H groups in total. The minimum atomic E-state index is -2.66. The molecule has 12 rings (SSSR count). The van der Waals surface area contributed by atoms with Crippen molar-refractivity contribution >= 4 is 119 Å². The van der Waals surface area contributed by atoms with Crippen molar-refractivity contribution in [3.8, 4) is 5.75 Å². The zero-order valence-corrected chi connectivity index (χ0v) is 71.3. The minimum absolute atomic E-state index is 0.0160. The number of likely N-dealkylation sites (tertiary alicyclic amines) is 2. The number of ether oxygens (including phenoxy) is 4. The Morgan fingerprint density at radius 2 is 0.882 bits per heavy atom. The molecule has 0 spiro atoms. The summed E-state index contributed by atoms with van der Waals surface area (Å²) in [6.07, 6.45) is 6.00. The van der Waals surface area contributed by atoms with E-state index in [1.54, 1.807) is 71.2 Å². The number of pyridine rings is 1. The van der Waals surface area contributed by atoms with Gasteiger partial charge < -0.3 is 37.6 Å². The van der Waals surface area contributed by atoms with Gasteiger partial charge in [0.1, 0.15) is 22.6 Å². The van der Waals surface area contributed by atoms with Gasteiger partial charge in [0.05, 0.1) is 59.6 Å². The Balaban J connectivity index is 0.000000221. The van der Waals surface area contributed by atoms with Crippen LogP contribution in [0.4, 0.5) is 0 Å². The summed E-state index contributed by atoms with van der Waals surface area (Å²) in [6, 6.07) is 71.5. The molecule has 0 aliphatic carbocycles. The van der Waals surface area contributed by atoms with Gasteiger partial charge in [-0.3, -0.25) is 28.6 Å². The topological polar surface area (TPSA) is 177 Å². The number of carbonyl (C=O) groups is 5. The summed E-state index contributed by atoms with van der Waals surface area (Å²) < 4.78 is 38.5. The Morgan fingerprint density at radius 3 is 1.22 bits per heavy atom. The minimum Gasteiger partial charge on any atom is -0.497 e. The highest BCUT2D eigenvalue weighted by Crippen LogP contribution is 2.54. The molecule has 0 saturated carbocycles. The van der Waals surface area contributed by atoms with Crippen molar-refractivity contribution in [1.82, 2.24) is 24.2 Å². The number of hydrogen-bond donors (Lipinski definition) is 0. The fourth-order valence-electron chi connectivity index (χ4n) is 15.4. The van der Waals surface area contributed by atoms with Gasteiger partial charge in [-0.15, -0.1) is 11.3 Å². The van der Waals surface area contributed by atoms with Crippen molar-refractivity contribution in [2.75, 3.05) is 21.3 Å². The number of aromatic nitrogens is 3. The van der Waals surface area contributed by atoms with E-state index >= 15 is 9.59 Å². The van der Waals surface area contributed by atoms with Gasteiger partial charge >= 0.3 is 11.9 Å². The van der Waals surface area contributed by atoms with E-state index in [9.17, 15) is 14.4 Å². The molecule has 2 aliphatic rings. The lowest BCUT2D eigenvalue weighted by Gasteiger charge is -2.55. The van der Waals surface area contributed by atoms with Gasteiger partial charge in [0, 0.05) is 55.1 Å². The van der Waals surface area contributed by atoms with Gasteiger partial charge in [0.15, 0.2) is 22.4 Å². The molecule has 10 aromatic rings. The van der Waals surface area contributed by atoms with Crippen LogP contribution in [0, 0.1) is 23.7 Å². The van der Waals surface area contributed by atoms with Crippen LogP contribution in [-0.4, -0.2) is 127 Å². The van der Waals surface area contributed by atoms with E-state index in [1.165, 1.54) is 11.3 Å². The third-order valence-electron chi connectivity index (χ3n) is 23.2. The van der Waals surface area contributed by atoms with Gasteiger partial charge in [-0.05, 0) is 147 Å². The highest BCUT2D eigenvalue weighted by Gasteiger charge is 2.60. The number of fused-ring (bicyclic) bond motifs is 1. The molecule has 3 aromatic heterocycles. The molecular weight excluding hydrogens is 1470 g/mol. The number of rotatable bonds is 25. The van der Waals surface area contributed by atoms with E-state index in [1.807, 2.05) is 133 Å². The Hall–Kier alpha value is -8.72. The van der Waals surface area contributed by atoms with E-state index in [4.69, 9.17) is 32.8 Å². The molecule has 576 valence electrons. The molecule has 2 fully saturated rings. The molecule has 5 heterocycles. The number of nitrogens with zero attached hydrogens (tertiary/aromatic N) is 5. The zero-order chi connectivity index (χ0) is 79.5. The van der Waals surface area contributed by atoms with Crippen LogP contribution in [0.3, 0.4) is 0 Å². The van der Waals surface area contributed by atoms with Crippen LogP contribution >= 0.6 is 25.1 Å². The predicted octanol–water partition coefficient (Wildman–Crippen LogP) is 15.9. The van der Waals surface area contributed by atoms with Gasteiger partial charge in [-0.25, -0.2) is 9.78 Å². The molecule has 0 unspecified atom stereocenters. The highest BCUT2D eigenvalue weighted by molar-refractivity contribution is 7.95. The normalized spacial score (nSPS) is 17.5. The van der Waals surface area contributed by atoms with Gasteiger partial charge in [-0.1, -0.05) is 237 Å². The van der Waals surface area contributed by atoms with Crippen LogP contribution in [0.5, 0.6) is 5.75 Å². The number of hydrogen-bond acceptors (Lipinski definition) is 14. The first-order valence-corrected chi connectivity index (χ1v) is 47.7. The first-order chi connectivity index (χ1) is 52.3. The summed E-state index contributed by atoms with van der Waals surface area (Å²) in [6.45, 7) is 28.4. The smallest absolute Gasteiger partial charge is 0.345 e. The lowest BCUT2D eigenvalue weighted by atomic mass is 9.75. The maximum atomic E-state index is 15.2. The number of carbonyl (C=O) groups excluding carboxylic acids is 5. The van der Waals surface area contributed by atoms with Crippen LogP contribution in [0.15, 0.2) is 243 Å². The standard InChI is InChI=1S/C47H55N4O5PSSi.C42H50NO6PSi/c1-32(42(52)39-30-50-31-49-43(45(50)58-39)47(54-7,55-8)35-21-20-28-48-29-35)41-40(33(2)56-59(9,10)46(4,5)6)44(53)51(41)34(3)57(36-22-14-11-15-23-36,37-24-16-12-17-25-37)38-26-18-13-19-27-38;1-29(40(45)48-41(46)32-25-27-33(47-7)28-26-32)38-37(30(2)49-51(8,9)42(4,5)6)39(44)43(38)31(3)50(34-19-13-10-14-20-34,35-21-15-11-16-22-35)36-23-17-12-18-24-36/h11-33,40-41H,1-10H3;10-30,37-38H,1-9H3/t32-,33-,40-,41-;29-,30-,37-,38-/m11/s1. The van der Waals surface area contributed by atoms with E-state index in [0.717, 1.165) is 42.7 Å². The summed E-state index contributed by atoms with van der Waals surface area (Å²) in [5.74, 6) is -4.99. The number of benzene rings is 7. The fourth-order valence-corrected chi connectivity index (χ4v) is 28.2. The Morgan fingerprint density at radius 1 is 0.509 bits per heavy atom. The van der Waals surface area contributed by atoms with Crippen molar-refractivity contribution in [3.63, 3.8) is 0 Å². The summed E-state index contributed by atoms with van der Waals surface area (Å²) in [5.41, 5.74) is 3.23. The van der Waals surface area contributed by atoms with Crippen LogP contribution in [0.2, 0.25) is 36.3 Å². The van der Waals surface area contributed by atoms with E-state index in [-0.39, 0.29) is 33.2 Å². The van der Waals surface area contributed by atoms with E-state index < -0.39 is 96.1 Å². The fraction of sp³-hybridized carbons (Fsp3) is 0.337. The lowest BCUT2D eigenvalue weighted by Crippen LogP contribution is -2.70. The molecule has 2 aliphatic heterocycles. The number of amides is 2. The SMILES string of the molecule is COC(OC)(c1cccnc1)c1ncn2cc(C(=O)[C@H](C)[C@@H]3[C@@H]([C@@H](C)O[Si](C)(C)C(C)(C)C)C(=O)N3C(C)=P(c3ccccc3)(c3ccccc3)c3ccccc3)sc12.COc1ccc(C(=O)OC(=O)[C@H](C)[C@@H]2[C@@H]([C@@H](C)O[Si](C)(C)C(C)(C)C)C(=O)N2C(C)=P(c2ccccc2)(c2ccccc2)c2ccccc2)cc1. The quantitative estimate of drug-likeness (QED) is 0.0101. The first kappa shape index (κ1) is 82.3. The predicted molar refractivity (Wildman–Crippen MR) is 454 cm³/mol. The van der Waals surface area contributed by atoms with Crippen molar-refractivity contribution < 1.29 is 51.8 Å². The number of Topliss-reactive ketones (excluding diaryl/α,β-unsaturated/α-hetero) is 1. The van der Waals surface area contributed by atoms with Crippen LogP contribution in [0.25, 0.3) is 4.83 Å². The summed E-state index contributed by atoms with van der Waals surface area (Å²) in [5, 5.41) is 6.52. The molecule has 8 atom stereocenters. The molecule has 7 aromatic carbocycles. The Kier molecular flexibility index (Phi) is 24.9. The molecule has 2 amide bonds. The Bertz CT molecular complexity index is 4810. The van der Waals surface area contributed by atoms with Crippen LogP contribution in [-0.2, 0) is 43.2 Å². The first-order valence-electron chi connectivity index (χ1n) is 37.5. The van der Waals surface area contributed by atoms with Crippen LogP contribution in [0.1, 0.15) is 114 Å². The third-order valence-corrected chi connectivity index (χ3v) is 42.3. The molecular formula is C89H105N5O11P2SSi2. The van der Waals surface area contributed by atoms with Gasteiger partial charge in [0.25, 0.3) is 0 Å². The average molecular weight is 1570 g/mol. The summed E-state index contributed by atoms with van der Waals surface area (Å²) in [4.78, 5) is 86.3. The average Bonchev–Trinajstić information content (AvgIpc) is 0.924. The largest absolute Gasteiger partial charge is 0.497 e. The van der Waals surface area contributed by atoms with E-state index in [2.05, 4.69) is 189 Å². The number of β-lactam (4-membered cyclic amide) rings is 2.